The van der Waals surface area contributed by atoms with Crippen LogP contribution in [0.4, 0.5) is 0 Å². The van der Waals surface area contributed by atoms with Crippen molar-refractivity contribution in [3.8, 4) is 0 Å². The maximum Gasteiger partial charge on any atom is 0.0453 e. The molecule has 2 nitrogen and oxygen atoms in total. The number of nitrogens with one attached hydrogen (secondary N) is 1. The van der Waals surface area contributed by atoms with Crippen molar-refractivity contribution in [2.24, 2.45) is 5.84 Å². The Morgan fingerprint density at radius 2 is 1.92 bits per heavy atom. The zero-order valence-corrected chi connectivity index (χ0v) is 8.86. The summed E-state index contributed by atoms with van der Waals surface area (Å²) in [4.78, 5) is 0. The molecule has 4 heteroatoms. The van der Waals surface area contributed by atoms with Crippen LogP contribution < -0.4 is 11.3 Å². The third-order valence-corrected chi connectivity index (χ3v) is 2.56. The molecule has 1 rings (SSSR count). The van der Waals surface area contributed by atoms with Gasteiger partial charge in [0.25, 0.3) is 0 Å². The molecule has 0 fully saturated rings. The van der Waals surface area contributed by atoms with Crippen LogP contribution in [0.15, 0.2) is 18.2 Å². The molecule has 1 atom stereocenters. The lowest BCUT2D eigenvalue weighted by Crippen LogP contribution is -2.34. The molecular formula is C9H12Cl2N2. The zero-order chi connectivity index (χ0) is 9.84. The second-order valence-corrected chi connectivity index (χ2v) is 3.79. The van der Waals surface area contributed by atoms with Crippen LogP contribution in [-0.4, -0.2) is 6.04 Å². The lowest BCUT2D eigenvalue weighted by Gasteiger charge is -2.12. The quantitative estimate of drug-likeness (QED) is 0.605. The maximum absolute atomic E-state index is 5.98. The molecule has 3 N–H and O–H groups in total. The van der Waals surface area contributed by atoms with Crippen LogP contribution in [0, 0.1) is 0 Å². The highest BCUT2D eigenvalue weighted by atomic mass is 35.5. The predicted octanol–water partition coefficient (Wildman–Crippen LogP) is 2.39. The van der Waals surface area contributed by atoms with E-state index in [2.05, 4.69) is 5.43 Å². The van der Waals surface area contributed by atoms with Gasteiger partial charge in [-0.25, -0.2) is 0 Å². The van der Waals surface area contributed by atoms with Crippen LogP contribution in [0.25, 0.3) is 0 Å². The zero-order valence-electron chi connectivity index (χ0n) is 7.35. The van der Waals surface area contributed by atoms with Crippen LogP contribution in [0.1, 0.15) is 12.5 Å². The normalized spacial score (nSPS) is 12.9. The Hall–Kier alpha value is -0.280. The summed E-state index contributed by atoms with van der Waals surface area (Å²) in [5.74, 6) is 5.28. The summed E-state index contributed by atoms with van der Waals surface area (Å²) in [7, 11) is 0. The fraction of sp³-hybridized carbons (Fsp3) is 0.333. The standard InChI is InChI=1S/C9H12Cl2N2/c1-6(13-12)5-7-8(10)3-2-4-9(7)11/h2-4,6,13H,5,12H2,1H3/t6-/m0/s1. The Bertz CT molecular complexity index is 269. The largest absolute Gasteiger partial charge is 0.271 e. The first-order valence-electron chi connectivity index (χ1n) is 4.04. The van der Waals surface area contributed by atoms with Gasteiger partial charge in [0.1, 0.15) is 0 Å². The van der Waals surface area contributed by atoms with Crippen molar-refractivity contribution in [3.63, 3.8) is 0 Å². The van der Waals surface area contributed by atoms with E-state index in [1.54, 1.807) is 0 Å². The number of hydrogen-bond donors (Lipinski definition) is 2. The minimum absolute atomic E-state index is 0.164. The minimum atomic E-state index is 0.164. The molecule has 0 bridgehead atoms. The summed E-state index contributed by atoms with van der Waals surface area (Å²) in [6.07, 6.45) is 0.731. The number of nitrogens with two attached hydrogens (primary N) is 1. The molecule has 1 aromatic rings. The fourth-order valence-corrected chi connectivity index (χ4v) is 1.64. The third kappa shape index (κ3) is 2.85. The van der Waals surface area contributed by atoms with Crippen LogP contribution in [0.3, 0.4) is 0 Å². The summed E-state index contributed by atoms with van der Waals surface area (Å²) in [6, 6.07) is 5.64. The van der Waals surface area contributed by atoms with E-state index in [1.807, 2.05) is 25.1 Å². The maximum atomic E-state index is 5.98. The van der Waals surface area contributed by atoms with Gasteiger partial charge in [0.05, 0.1) is 0 Å². The monoisotopic (exact) mass is 218 g/mol. The summed E-state index contributed by atoms with van der Waals surface area (Å²) in [5, 5.41) is 1.38. The van der Waals surface area contributed by atoms with E-state index < -0.39 is 0 Å². The van der Waals surface area contributed by atoms with Crippen LogP contribution >= 0.6 is 23.2 Å². The summed E-state index contributed by atoms with van der Waals surface area (Å²) < 4.78 is 0. The minimum Gasteiger partial charge on any atom is -0.271 e. The van der Waals surface area contributed by atoms with Crippen molar-refractivity contribution in [1.82, 2.24) is 5.43 Å². The molecule has 0 unspecified atom stereocenters. The molecular weight excluding hydrogens is 207 g/mol. The topological polar surface area (TPSA) is 38.0 Å². The Kier molecular flexibility index (Phi) is 4.00. The molecule has 0 heterocycles. The number of hydrogen-bond acceptors (Lipinski definition) is 2. The Labute approximate surface area is 88.0 Å². The molecule has 72 valence electrons. The molecule has 0 saturated carbocycles. The second-order valence-electron chi connectivity index (χ2n) is 2.97. The van der Waals surface area contributed by atoms with Gasteiger partial charge < -0.3 is 0 Å². The highest BCUT2D eigenvalue weighted by molar-refractivity contribution is 6.35. The van der Waals surface area contributed by atoms with Gasteiger partial charge in [0.15, 0.2) is 0 Å². The van der Waals surface area contributed by atoms with Crippen molar-refractivity contribution in [3.05, 3.63) is 33.8 Å². The Balaban J connectivity index is 2.87. The fourth-order valence-electron chi connectivity index (χ4n) is 1.09. The van der Waals surface area contributed by atoms with Gasteiger partial charge in [-0.15, -0.1) is 0 Å². The van der Waals surface area contributed by atoms with Gasteiger partial charge in [-0.3, -0.25) is 11.3 Å². The lowest BCUT2D eigenvalue weighted by atomic mass is 10.1. The molecule has 0 spiro atoms. The van der Waals surface area contributed by atoms with Crippen LogP contribution in [0.2, 0.25) is 10.0 Å². The van der Waals surface area contributed by atoms with Gasteiger partial charge in [0, 0.05) is 16.1 Å². The van der Waals surface area contributed by atoms with E-state index in [9.17, 15) is 0 Å². The average Bonchev–Trinajstić information content (AvgIpc) is 2.11. The summed E-state index contributed by atoms with van der Waals surface area (Å²) in [6.45, 7) is 1.97. The third-order valence-electron chi connectivity index (χ3n) is 1.86. The highest BCUT2D eigenvalue weighted by Crippen LogP contribution is 2.25. The van der Waals surface area contributed by atoms with Crippen molar-refractivity contribution in [2.75, 3.05) is 0 Å². The molecule has 1 aromatic carbocycles. The molecule has 0 aromatic heterocycles. The first-order chi connectivity index (χ1) is 6.15. The van der Waals surface area contributed by atoms with Crippen molar-refractivity contribution in [1.29, 1.82) is 0 Å². The van der Waals surface area contributed by atoms with Crippen molar-refractivity contribution >= 4 is 23.2 Å². The van der Waals surface area contributed by atoms with E-state index in [0.717, 1.165) is 12.0 Å². The predicted molar refractivity (Wildman–Crippen MR) is 57.0 cm³/mol. The molecule has 0 radical (unpaired) electrons. The number of hydrazine groups is 1. The Morgan fingerprint density at radius 1 is 1.38 bits per heavy atom. The van der Waals surface area contributed by atoms with Gasteiger partial charge in [-0.2, -0.15) is 0 Å². The van der Waals surface area contributed by atoms with Crippen LogP contribution in [-0.2, 0) is 6.42 Å². The Morgan fingerprint density at radius 3 is 2.38 bits per heavy atom. The van der Waals surface area contributed by atoms with Crippen molar-refractivity contribution < 1.29 is 0 Å². The van der Waals surface area contributed by atoms with E-state index in [-0.39, 0.29) is 6.04 Å². The van der Waals surface area contributed by atoms with Crippen LogP contribution in [0.5, 0.6) is 0 Å². The smallest absolute Gasteiger partial charge is 0.0453 e. The van der Waals surface area contributed by atoms with Gasteiger partial charge in [0.2, 0.25) is 0 Å². The van der Waals surface area contributed by atoms with E-state index in [0.29, 0.717) is 10.0 Å². The molecule has 0 aliphatic rings. The first kappa shape index (κ1) is 10.8. The SMILES string of the molecule is C[C@@H](Cc1c(Cl)cccc1Cl)NN. The summed E-state index contributed by atoms with van der Waals surface area (Å²) in [5.41, 5.74) is 3.59. The van der Waals surface area contributed by atoms with E-state index in [1.165, 1.54) is 0 Å². The molecule has 0 aliphatic heterocycles. The molecule has 13 heavy (non-hydrogen) atoms. The number of halogens is 2. The average molecular weight is 219 g/mol. The molecule has 0 saturated heterocycles. The van der Waals surface area contributed by atoms with E-state index in [4.69, 9.17) is 29.0 Å². The van der Waals surface area contributed by atoms with Crippen molar-refractivity contribution in [2.45, 2.75) is 19.4 Å². The van der Waals surface area contributed by atoms with Gasteiger partial charge in [-0.1, -0.05) is 29.3 Å². The van der Waals surface area contributed by atoms with E-state index >= 15 is 0 Å². The highest BCUT2D eigenvalue weighted by Gasteiger charge is 2.08. The lowest BCUT2D eigenvalue weighted by molar-refractivity contribution is 0.568. The number of benzene rings is 1. The first-order valence-corrected chi connectivity index (χ1v) is 4.79. The number of rotatable bonds is 3. The summed E-state index contributed by atoms with van der Waals surface area (Å²) >= 11 is 12.0. The molecule has 0 aliphatic carbocycles. The van der Waals surface area contributed by atoms with Gasteiger partial charge in [-0.05, 0) is 31.0 Å². The van der Waals surface area contributed by atoms with Gasteiger partial charge >= 0.3 is 0 Å². The second kappa shape index (κ2) is 4.82. The molecule has 0 amide bonds.